The van der Waals surface area contributed by atoms with Crippen LogP contribution in [0.3, 0.4) is 0 Å². The minimum Gasteiger partial charge on any atom is -0.381 e. The standard InChI is InChI=1S/C11H19NO/c1-3-4-9-12-10-5-7-11(13-2)8-6-10/h10-12H,5-9H2,1-2H3. The zero-order valence-electron chi connectivity index (χ0n) is 8.60. The third-order valence-electron chi connectivity index (χ3n) is 2.66. The maximum Gasteiger partial charge on any atom is 0.0578 e. The number of rotatable bonds is 3. The minimum absolute atomic E-state index is 0.496. The van der Waals surface area contributed by atoms with E-state index in [4.69, 9.17) is 4.74 Å². The quantitative estimate of drug-likeness (QED) is 0.667. The third-order valence-corrected chi connectivity index (χ3v) is 2.66. The van der Waals surface area contributed by atoms with Gasteiger partial charge in [-0.05, 0) is 32.6 Å². The van der Waals surface area contributed by atoms with Gasteiger partial charge in [0.1, 0.15) is 0 Å². The highest BCUT2D eigenvalue weighted by Crippen LogP contribution is 2.20. The molecule has 1 aliphatic carbocycles. The first-order chi connectivity index (χ1) is 6.36. The summed E-state index contributed by atoms with van der Waals surface area (Å²) in [7, 11) is 1.81. The lowest BCUT2D eigenvalue weighted by Gasteiger charge is -2.27. The van der Waals surface area contributed by atoms with Crippen molar-refractivity contribution in [3.05, 3.63) is 0 Å². The Labute approximate surface area is 81.0 Å². The molecule has 13 heavy (non-hydrogen) atoms. The normalized spacial score (nSPS) is 27.8. The lowest BCUT2D eigenvalue weighted by molar-refractivity contribution is 0.0630. The molecular formula is C11H19NO. The van der Waals surface area contributed by atoms with Crippen LogP contribution < -0.4 is 5.32 Å². The van der Waals surface area contributed by atoms with Crippen molar-refractivity contribution < 1.29 is 4.74 Å². The molecule has 1 fully saturated rings. The van der Waals surface area contributed by atoms with Crippen LogP contribution in [-0.2, 0) is 4.74 Å². The van der Waals surface area contributed by atoms with Crippen LogP contribution in [0.15, 0.2) is 0 Å². The van der Waals surface area contributed by atoms with E-state index in [9.17, 15) is 0 Å². The Morgan fingerprint density at radius 1 is 1.31 bits per heavy atom. The molecule has 74 valence electrons. The van der Waals surface area contributed by atoms with Crippen LogP contribution in [0.4, 0.5) is 0 Å². The van der Waals surface area contributed by atoms with E-state index >= 15 is 0 Å². The summed E-state index contributed by atoms with van der Waals surface area (Å²) >= 11 is 0. The van der Waals surface area contributed by atoms with Crippen molar-refractivity contribution >= 4 is 0 Å². The molecule has 0 heterocycles. The second-order valence-corrected chi connectivity index (χ2v) is 3.52. The van der Waals surface area contributed by atoms with Gasteiger partial charge in [0.2, 0.25) is 0 Å². The van der Waals surface area contributed by atoms with E-state index in [0.29, 0.717) is 12.1 Å². The molecule has 0 saturated heterocycles. The average molecular weight is 181 g/mol. The van der Waals surface area contributed by atoms with Crippen molar-refractivity contribution in [3.63, 3.8) is 0 Å². The summed E-state index contributed by atoms with van der Waals surface area (Å²) < 4.78 is 5.31. The average Bonchev–Trinajstić information content (AvgIpc) is 2.19. The first-order valence-electron chi connectivity index (χ1n) is 5.02. The first kappa shape index (κ1) is 10.6. The van der Waals surface area contributed by atoms with Gasteiger partial charge in [-0.1, -0.05) is 5.92 Å². The van der Waals surface area contributed by atoms with Gasteiger partial charge in [-0.15, -0.1) is 5.92 Å². The summed E-state index contributed by atoms with van der Waals surface area (Å²) in [5.41, 5.74) is 0. The molecule has 0 aromatic rings. The Morgan fingerprint density at radius 3 is 2.54 bits per heavy atom. The van der Waals surface area contributed by atoms with Crippen molar-refractivity contribution in [2.75, 3.05) is 13.7 Å². The van der Waals surface area contributed by atoms with Gasteiger partial charge in [0.05, 0.1) is 12.6 Å². The smallest absolute Gasteiger partial charge is 0.0578 e. The fourth-order valence-electron chi connectivity index (χ4n) is 1.79. The molecule has 0 aliphatic heterocycles. The van der Waals surface area contributed by atoms with Gasteiger partial charge in [-0.2, -0.15) is 0 Å². The van der Waals surface area contributed by atoms with Crippen molar-refractivity contribution in [2.24, 2.45) is 0 Å². The molecule has 1 aliphatic rings. The van der Waals surface area contributed by atoms with Crippen molar-refractivity contribution in [3.8, 4) is 11.8 Å². The highest BCUT2D eigenvalue weighted by molar-refractivity contribution is 4.98. The molecule has 0 atom stereocenters. The lowest BCUT2D eigenvalue weighted by atomic mass is 9.93. The fraction of sp³-hybridized carbons (Fsp3) is 0.818. The number of hydrogen-bond donors (Lipinski definition) is 1. The van der Waals surface area contributed by atoms with E-state index in [-0.39, 0.29) is 0 Å². The molecule has 0 radical (unpaired) electrons. The Bertz CT molecular complexity index is 184. The summed E-state index contributed by atoms with van der Waals surface area (Å²) in [5, 5.41) is 3.44. The molecule has 1 saturated carbocycles. The second-order valence-electron chi connectivity index (χ2n) is 3.52. The van der Waals surface area contributed by atoms with Gasteiger partial charge in [-0.3, -0.25) is 0 Å². The molecular weight excluding hydrogens is 162 g/mol. The SMILES string of the molecule is CC#CCNC1CCC(OC)CC1. The molecule has 2 nitrogen and oxygen atoms in total. The van der Waals surface area contributed by atoms with E-state index in [2.05, 4.69) is 17.2 Å². The number of hydrogen-bond acceptors (Lipinski definition) is 2. The van der Waals surface area contributed by atoms with Crippen molar-refractivity contribution in [2.45, 2.75) is 44.8 Å². The second kappa shape index (κ2) is 6.01. The molecule has 1 N–H and O–H groups in total. The molecule has 0 aromatic heterocycles. The summed E-state index contributed by atoms with van der Waals surface area (Å²) in [6.45, 7) is 2.71. The third kappa shape index (κ3) is 3.80. The summed E-state index contributed by atoms with van der Waals surface area (Å²) in [5.74, 6) is 5.92. The molecule has 2 heteroatoms. The van der Waals surface area contributed by atoms with Crippen LogP contribution in [0.5, 0.6) is 0 Å². The van der Waals surface area contributed by atoms with E-state index in [0.717, 1.165) is 6.54 Å². The molecule has 0 aromatic carbocycles. The highest BCUT2D eigenvalue weighted by atomic mass is 16.5. The molecule has 1 rings (SSSR count). The Kier molecular flexibility index (Phi) is 4.88. The van der Waals surface area contributed by atoms with Crippen molar-refractivity contribution in [1.29, 1.82) is 0 Å². The van der Waals surface area contributed by atoms with Gasteiger partial charge in [-0.25, -0.2) is 0 Å². The van der Waals surface area contributed by atoms with Gasteiger partial charge in [0.15, 0.2) is 0 Å². The first-order valence-corrected chi connectivity index (χ1v) is 5.02. The van der Waals surface area contributed by atoms with Crippen molar-refractivity contribution in [1.82, 2.24) is 5.32 Å². The zero-order valence-corrected chi connectivity index (χ0v) is 8.60. The summed E-state index contributed by atoms with van der Waals surface area (Å²) in [6.07, 6.45) is 5.32. The van der Waals surface area contributed by atoms with Crippen LogP contribution in [-0.4, -0.2) is 25.8 Å². The van der Waals surface area contributed by atoms with Crippen LogP contribution in [0.25, 0.3) is 0 Å². The maximum absolute atomic E-state index is 5.31. The number of methoxy groups -OCH3 is 1. The maximum atomic E-state index is 5.31. The predicted octanol–water partition coefficient (Wildman–Crippen LogP) is 1.56. The van der Waals surface area contributed by atoms with Gasteiger partial charge in [0, 0.05) is 13.2 Å². The number of nitrogens with one attached hydrogen (secondary N) is 1. The number of ether oxygens (including phenoxy) is 1. The van der Waals surface area contributed by atoms with E-state index in [1.165, 1.54) is 25.7 Å². The summed E-state index contributed by atoms with van der Waals surface area (Å²) in [6, 6.07) is 0.659. The minimum atomic E-state index is 0.496. The monoisotopic (exact) mass is 181 g/mol. The Morgan fingerprint density at radius 2 is 2.00 bits per heavy atom. The molecule has 0 spiro atoms. The van der Waals surface area contributed by atoms with Crippen LogP contribution in [0.1, 0.15) is 32.6 Å². The van der Waals surface area contributed by atoms with Gasteiger partial charge >= 0.3 is 0 Å². The van der Waals surface area contributed by atoms with E-state index < -0.39 is 0 Å². The zero-order chi connectivity index (χ0) is 9.52. The van der Waals surface area contributed by atoms with Crippen LogP contribution in [0, 0.1) is 11.8 Å². The van der Waals surface area contributed by atoms with Gasteiger partial charge in [0.25, 0.3) is 0 Å². The predicted molar refractivity (Wildman–Crippen MR) is 54.5 cm³/mol. The molecule has 0 amide bonds. The Hall–Kier alpha value is -0.520. The van der Waals surface area contributed by atoms with Gasteiger partial charge < -0.3 is 10.1 Å². The van der Waals surface area contributed by atoms with E-state index in [1.807, 2.05) is 6.92 Å². The highest BCUT2D eigenvalue weighted by Gasteiger charge is 2.19. The Balaban J connectivity index is 2.12. The summed E-state index contributed by atoms with van der Waals surface area (Å²) in [4.78, 5) is 0. The lowest BCUT2D eigenvalue weighted by Crippen LogP contribution is -2.35. The molecule has 0 bridgehead atoms. The largest absolute Gasteiger partial charge is 0.381 e. The van der Waals surface area contributed by atoms with Crippen LogP contribution in [0.2, 0.25) is 0 Å². The molecule has 0 unspecified atom stereocenters. The topological polar surface area (TPSA) is 21.3 Å². The van der Waals surface area contributed by atoms with Crippen LogP contribution >= 0.6 is 0 Å². The van der Waals surface area contributed by atoms with E-state index in [1.54, 1.807) is 7.11 Å². The fourth-order valence-corrected chi connectivity index (χ4v) is 1.79.